The van der Waals surface area contributed by atoms with E-state index >= 15 is 0 Å². The summed E-state index contributed by atoms with van der Waals surface area (Å²) in [5.41, 5.74) is 0. The quantitative estimate of drug-likeness (QED) is 0.388. The molecule has 8 heavy (non-hydrogen) atoms. The summed E-state index contributed by atoms with van der Waals surface area (Å²) in [6.07, 6.45) is -0.159. The normalized spacial score (nSPS) is 15.0. The third-order valence-corrected chi connectivity index (χ3v) is 1.83. The van der Waals surface area contributed by atoms with Crippen molar-refractivity contribution in [3.05, 3.63) is 0 Å². The summed E-state index contributed by atoms with van der Waals surface area (Å²) in [4.78, 5) is 0. The maximum Gasteiger partial charge on any atom is 0.154 e. The van der Waals surface area contributed by atoms with Gasteiger partial charge in [-0.2, -0.15) is 0 Å². The molecule has 0 aliphatic rings. The van der Waals surface area contributed by atoms with Gasteiger partial charge < -0.3 is 10.2 Å². The highest BCUT2D eigenvalue weighted by molar-refractivity contribution is 6.08. The van der Waals surface area contributed by atoms with Crippen LogP contribution in [-0.4, -0.2) is 26.7 Å². The summed E-state index contributed by atoms with van der Waals surface area (Å²) in [7, 11) is 1.16. The van der Waals surface area contributed by atoms with Gasteiger partial charge in [0.05, 0.1) is 0 Å². The molecule has 0 aliphatic heterocycles. The summed E-state index contributed by atoms with van der Waals surface area (Å²) in [5.74, 6) is 0.0625. The molecule has 3 heteroatoms. The minimum Gasteiger partial charge on any atom is -0.368 e. The maximum absolute atomic E-state index is 8.52. The Bertz CT molecular complexity index is 56.4. The fourth-order valence-corrected chi connectivity index (χ4v) is 1.52. The summed E-state index contributed by atoms with van der Waals surface area (Å²) in [6, 6.07) is 1.15. The van der Waals surface area contributed by atoms with Crippen molar-refractivity contribution >= 4 is 10.2 Å². The van der Waals surface area contributed by atoms with Gasteiger partial charge in [0.1, 0.15) is 0 Å². The number of hydrogen-bond donors (Lipinski definition) is 2. The third-order valence-electron chi connectivity index (χ3n) is 1.25. The lowest BCUT2D eigenvalue weighted by Gasteiger charge is -2.10. The fourth-order valence-electron chi connectivity index (χ4n) is 0.604. The van der Waals surface area contributed by atoms with E-state index in [0.717, 1.165) is 22.7 Å². The number of rotatable bonds is 3. The van der Waals surface area contributed by atoms with Gasteiger partial charge >= 0.3 is 0 Å². The van der Waals surface area contributed by atoms with Crippen LogP contribution in [-0.2, 0) is 0 Å². The average Bonchev–Trinajstić information content (AvgIpc) is 1.67. The van der Waals surface area contributed by atoms with E-state index in [1.54, 1.807) is 0 Å². The predicted octanol–water partition coefficient (Wildman–Crippen LogP) is -0.893. The minimum absolute atomic E-state index is 0.0625. The van der Waals surface area contributed by atoms with Gasteiger partial charge in [0.2, 0.25) is 0 Å². The molecule has 0 fully saturated rings. The first-order valence-corrected chi connectivity index (χ1v) is 4.46. The lowest BCUT2D eigenvalue weighted by molar-refractivity contribution is -0.0790. The Morgan fingerprint density at radius 3 is 2.12 bits per heavy atom. The van der Waals surface area contributed by atoms with E-state index in [2.05, 4.69) is 0 Å². The highest BCUT2D eigenvalue weighted by atomic mass is 28.1. The van der Waals surface area contributed by atoms with Crippen molar-refractivity contribution in [2.75, 3.05) is 0 Å². The molecule has 0 aromatic heterocycles. The largest absolute Gasteiger partial charge is 0.368 e. The highest BCUT2D eigenvalue weighted by Crippen LogP contribution is 2.06. The second-order valence-electron chi connectivity index (χ2n) is 2.18. The molecule has 2 nitrogen and oxygen atoms in total. The van der Waals surface area contributed by atoms with Crippen molar-refractivity contribution in [3.8, 4) is 0 Å². The smallest absolute Gasteiger partial charge is 0.154 e. The highest BCUT2D eigenvalue weighted by Gasteiger charge is 2.07. The molecule has 0 spiro atoms. The molecular formula is C5H14O2Si. The van der Waals surface area contributed by atoms with Crippen molar-refractivity contribution in [2.45, 2.75) is 25.7 Å². The van der Waals surface area contributed by atoms with Gasteiger partial charge in [0, 0.05) is 16.2 Å². The molecule has 0 saturated carbocycles. The van der Waals surface area contributed by atoms with E-state index in [0.29, 0.717) is 0 Å². The molecule has 1 atom stereocenters. The van der Waals surface area contributed by atoms with Gasteiger partial charge in [-0.3, -0.25) is 0 Å². The first-order valence-electron chi connectivity index (χ1n) is 3.04. The van der Waals surface area contributed by atoms with Crippen molar-refractivity contribution < 1.29 is 10.2 Å². The first-order chi connectivity index (χ1) is 3.68. The van der Waals surface area contributed by atoms with Gasteiger partial charge in [-0.15, -0.1) is 0 Å². The van der Waals surface area contributed by atoms with E-state index in [9.17, 15) is 0 Å². The molecule has 0 radical (unpaired) electrons. The summed E-state index contributed by atoms with van der Waals surface area (Å²) >= 11 is 0. The standard InChI is InChI=1S/C5H14O2Si/c1-4(2-3-8)5(6)7/h4-7H,2-3H2,1,8H3. The Kier molecular flexibility index (Phi) is 4.13. The zero-order chi connectivity index (χ0) is 6.57. The second-order valence-corrected chi connectivity index (χ2v) is 3.18. The summed E-state index contributed by atoms with van der Waals surface area (Å²) in [6.45, 7) is 1.85. The molecule has 0 saturated heterocycles. The molecule has 0 aromatic rings. The molecule has 0 rings (SSSR count). The molecule has 50 valence electrons. The molecular weight excluding hydrogens is 120 g/mol. The number of aliphatic hydroxyl groups excluding tert-OH is 1. The van der Waals surface area contributed by atoms with Gasteiger partial charge in [-0.25, -0.2) is 0 Å². The van der Waals surface area contributed by atoms with Gasteiger partial charge in [-0.1, -0.05) is 13.0 Å². The van der Waals surface area contributed by atoms with E-state index in [-0.39, 0.29) is 5.92 Å². The van der Waals surface area contributed by atoms with Crippen LogP contribution < -0.4 is 0 Å². The average molecular weight is 134 g/mol. The Morgan fingerprint density at radius 2 is 2.00 bits per heavy atom. The van der Waals surface area contributed by atoms with Crippen LogP contribution in [0.3, 0.4) is 0 Å². The van der Waals surface area contributed by atoms with Crippen LogP contribution in [0.1, 0.15) is 13.3 Å². The third kappa shape index (κ3) is 3.18. The monoisotopic (exact) mass is 134 g/mol. The maximum atomic E-state index is 8.52. The number of aliphatic hydroxyl groups is 2. The van der Waals surface area contributed by atoms with Crippen LogP contribution in [0.2, 0.25) is 6.04 Å². The Morgan fingerprint density at radius 1 is 1.50 bits per heavy atom. The van der Waals surface area contributed by atoms with Crippen LogP contribution >= 0.6 is 0 Å². The van der Waals surface area contributed by atoms with Crippen molar-refractivity contribution in [2.24, 2.45) is 5.92 Å². The molecule has 0 aromatic carbocycles. The molecule has 1 unspecified atom stereocenters. The Hall–Kier alpha value is 0.137. The van der Waals surface area contributed by atoms with Crippen LogP contribution in [0, 0.1) is 5.92 Å². The van der Waals surface area contributed by atoms with E-state index in [1.807, 2.05) is 6.92 Å². The van der Waals surface area contributed by atoms with Crippen molar-refractivity contribution in [1.82, 2.24) is 0 Å². The molecule has 0 aliphatic carbocycles. The van der Waals surface area contributed by atoms with Crippen LogP contribution in [0.4, 0.5) is 0 Å². The minimum atomic E-state index is -1.11. The van der Waals surface area contributed by atoms with Crippen molar-refractivity contribution in [1.29, 1.82) is 0 Å². The molecule has 0 bridgehead atoms. The van der Waals surface area contributed by atoms with Gasteiger partial charge in [-0.05, 0) is 6.42 Å². The van der Waals surface area contributed by atoms with Crippen LogP contribution in [0.25, 0.3) is 0 Å². The first kappa shape index (κ1) is 8.14. The molecule has 2 N–H and O–H groups in total. The number of hydrogen-bond acceptors (Lipinski definition) is 2. The van der Waals surface area contributed by atoms with Crippen LogP contribution in [0.15, 0.2) is 0 Å². The zero-order valence-electron chi connectivity index (χ0n) is 5.46. The molecule has 0 amide bonds. The van der Waals surface area contributed by atoms with Crippen molar-refractivity contribution in [3.63, 3.8) is 0 Å². The van der Waals surface area contributed by atoms with Gasteiger partial charge in [0.15, 0.2) is 6.29 Å². The van der Waals surface area contributed by atoms with E-state index in [4.69, 9.17) is 10.2 Å². The Labute approximate surface area is 53.0 Å². The van der Waals surface area contributed by atoms with E-state index < -0.39 is 6.29 Å². The Balaban J connectivity index is 3.17. The summed E-state index contributed by atoms with van der Waals surface area (Å²) < 4.78 is 0. The fraction of sp³-hybridized carbons (Fsp3) is 1.00. The lowest BCUT2D eigenvalue weighted by atomic mass is 10.1. The van der Waals surface area contributed by atoms with Crippen LogP contribution in [0.5, 0.6) is 0 Å². The topological polar surface area (TPSA) is 40.5 Å². The lowest BCUT2D eigenvalue weighted by Crippen LogP contribution is -2.15. The zero-order valence-corrected chi connectivity index (χ0v) is 7.46. The SMILES string of the molecule is CC(CC[SiH3])C(O)O. The second kappa shape index (κ2) is 4.06. The molecule has 0 heterocycles. The van der Waals surface area contributed by atoms with Gasteiger partial charge in [0.25, 0.3) is 0 Å². The summed E-state index contributed by atoms with van der Waals surface area (Å²) in [5, 5.41) is 17.0. The van der Waals surface area contributed by atoms with E-state index in [1.165, 1.54) is 0 Å². The predicted molar refractivity (Wildman–Crippen MR) is 36.8 cm³/mol.